The number of ether oxygens (including phenoxy) is 1. The number of piperidine rings is 1. The van der Waals surface area contributed by atoms with E-state index in [1.54, 1.807) is 4.90 Å². The molecular weight excluding hydrogens is 311 g/mol. The van der Waals surface area contributed by atoms with E-state index < -0.39 is 11.9 Å². The first-order valence-corrected chi connectivity index (χ1v) is 7.60. The van der Waals surface area contributed by atoms with Gasteiger partial charge in [0.25, 0.3) is 0 Å². The number of halogens is 3. The van der Waals surface area contributed by atoms with Crippen LogP contribution in [0, 0.1) is 5.92 Å². The lowest BCUT2D eigenvalue weighted by molar-refractivity contribution is -0.141. The minimum atomic E-state index is -4.53. The summed E-state index contributed by atoms with van der Waals surface area (Å²) in [7, 11) is 0. The van der Waals surface area contributed by atoms with Crippen LogP contribution in [0.15, 0.2) is 12.3 Å². The smallest absolute Gasteiger partial charge is 0.433 e. The fraction of sp³-hybridized carbons (Fsp3) is 0.667. The summed E-state index contributed by atoms with van der Waals surface area (Å²) < 4.78 is 43.4. The van der Waals surface area contributed by atoms with Crippen LogP contribution in [0.4, 0.5) is 13.2 Å². The van der Waals surface area contributed by atoms with E-state index in [2.05, 4.69) is 9.97 Å². The van der Waals surface area contributed by atoms with Crippen molar-refractivity contribution in [3.05, 3.63) is 18.0 Å². The minimum absolute atomic E-state index is 0.0401. The molecular formula is C15H20F3N3O2. The van der Waals surface area contributed by atoms with E-state index in [1.165, 1.54) is 0 Å². The van der Waals surface area contributed by atoms with Crippen LogP contribution in [-0.4, -0.2) is 40.0 Å². The first kappa shape index (κ1) is 17.5. The summed E-state index contributed by atoms with van der Waals surface area (Å²) in [6.45, 7) is 4.93. The van der Waals surface area contributed by atoms with E-state index in [0.717, 1.165) is 18.7 Å². The fourth-order valence-electron chi connectivity index (χ4n) is 2.44. The molecule has 1 aromatic rings. The highest BCUT2D eigenvalue weighted by Gasteiger charge is 2.33. The SMILES string of the molecule is CC(C)CC(=O)N1CCCC(Oc2nccc(C(F)(F)F)n2)C1. The zero-order valence-corrected chi connectivity index (χ0v) is 13.1. The number of carbonyl (C=O) groups excluding carboxylic acids is 1. The Hall–Kier alpha value is -1.86. The van der Waals surface area contributed by atoms with E-state index in [1.807, 2.05) is 13.8 Å². The average Bonchev–Trinajstić information content (AvgIpc) is 2.46. The Morgan fingerprint density at radius 2 is 2.22 bits per heavy atom. The van der Waals surface area contributed by atoms with Crippen molar-refractivity contribution in [2.45, 2.75) is 45.4 Å². The molecule has 0 radical (unpaired) electrons. The molecule has 5 nitrogen and oxygen atoms in total. The summed E-state index contributed by atoms with van der Waals surface area (Å²) in [5.74, 6) is 0.300. The number of amides is 1. The molecule has 0 aliphatic carbocycles. The van der Waals surface area contributed by atoms with Gasteiger partial charge in [-0.05, 0) is 24.8 Å². The standard InChI is InChI=1S/C15H20F3N3O2/c1-10(2)8-13(22)21-7-3-4-11(9-21)23-14-19-6-5-12(20-14)15(16,17)18/h5-6,10-11H,3-4,7-9H2,1-2H3. The number of carbonyl (C=O) groups is 1. The predicted octanol–water partition coefficient (Wildman–Crippen LogP) is 2.91. The third-order valence-electron chi connectivity index (χ3n) is 3.51. The first-order valence-electron chi connectivity index (χ1n) is 7.60. The van der Waals surface area contributed by atoms with Crippen molar-refractivity contribution in [1.82, 2.24) is 14.9 Å². The second-order valence-electron chi connectivity index (χ2n) is 6.04. The van der Waals surface area contributed by atoms with Gasteiger partial charge in [0.15, 0.2) is 5.69 Å². The van der Waals surface area contributed by atoms with Gasteiger partial charge in [-0.15, -0.1) is 0 Å². The van der Waals surface area contributed by atoms with Gasteiger partial charge in [-0.2, -0.15) is 18.2 Å². The molecule has 1 aromatic heterocycles. The van der Waals surface area contributed by atoms with Crippen LogP contribution in [0.1, 0.15) is 38.8 Å². The summed E-state index contributed by atoms with van der Waals surface area (Å²) in [5, 5.41) is 0. The van der Waals surface area contributed by atoms with Crippen molar-refractivity contribution in [3.63, 3.8) is 0 Å². The van der Waals surface area contributed by atoms with Gasteiger partial charge in [-0.25, -0.2) is 4.98 Å². The monoisotopic (exact) mass is 331 g/mol. The second-order valence-corrected chi connectivity index (χ2v) is 6.04. The van der Waals surface area contributed by atoms with E-state index in [-0.39, 0.29) is 23.9 Å². The molecule has 8 heteroatoms. The zero-order valence-electron chi connectivity index (χ0n) is 13.1. The van der Waals surface area contributed by atoms with Crippen LogP contribution < -0.4 is 4.74 Å². The molecule has 0 bridgehead atoms. The summed E-state index contributed by atoms with van der Waals surface area (Å²) in [6.07, 6.45) is -2.04. The number of nitrogens with zero attached hydrogens (tertiary/aromatic N) is 3. The maximum absolute atomic E-state index is 12.6. The molecule has 1 atom stereocenters. The minimum Gasteiger partial charge on any atom is -0.458 e. The van der Waals surface area contributed by atoms with E-state index in [0.29, 0.717) is 25.9 Å². The van der Waals surface area contributed by atoms with Crippen molar-refractivity contribution in [2.75, 3.05) is 13.1 Å². The van der Waals surface area contributed by atoms with Crippen LogP contribution >= 0.6 is 0 Å². The summed E-state index contributed by atoms with van der Waals surface area (Å²) >= 11 is 0. The van der Waals surface area contributed by atoms with Gasteiger partial charge in [0.05, 0.1) is 6.54 Å². The van der Waals surface area contributed by atoms with Crippen LogP contribution in [0.25, 0.3) is 0 Å². The Kier molecular flexibility index (Phi) is 5.43. The molecule has 2 heterocycles. The van der Waals surface area contributed by atoms with Crippen molar-refractivity contribution >= 4 is 5.91 Å². The average molecular weight is 331 g/mol. The molecule has 1 aliphatic rings. The fourth-order valence-corrected chi connectivity index (χ4v) is 2.44. The molecule has 23 heavy (non-hydrogen) atoms. The topological polar surface area (TPSA) is 55.3 Å². The van der Waals surface area contributed by atoms with Crippen molar-refractivity contribution in [1.29, 1.82) is 0 Å². The van der Waals surface area contributed by atoms with Crippen LogP contribution in [0.3, 0.4) is 0 Å². The molecule has 0 saturated carbocycles. The third-order valence-corrected chi connectivity index (χ3v) is 3.51. The second kappa shape index (κ2) is 7.14. The number of hydrogen-bond donors (Lipinski definition) is 0. The molecule has 1 unspecified atom stereocenters. The van der Waals surface area contributed by atoms with Crippen molar-refractivity contribution in [3.8, 4) is 6.01 Å². The Balaban J connectivity index is 1.99. The van der Waals surface area contributed by atoms with Gasteiger partial charge in [0, 0.05) is 19.2 Å². The quantitative estimate of drug-likeness (QED) is 0.851. The molecule has 1 saturated heterocycles. The number of aromatic nitrogens is 2. The normalized spacial score (nSPS) is 19.0. The summed E-state index contributed by atoms with van der Waals surface area (Å²) in [4.78, 5) is 20.9. The number of rotatable bonds is 4. The van der Waals surface area contributed by atoms with Crippen LogP contribution in [0.5, 0.6) is 6.01 Å². The highest BCUT2D eigenvalue weighted by Crippen LogP contribution is 2.28. The highest BCUT2D eigenvalue weighted by molar-refractivity contribution is 5.76. The lowest BCUT2D eigenvalue weighted by atomic mass is 10.1. The maximum Gasteiger partial charge on any atom is 0.433 e. The molecule has 1 aliphatic heterocycles. The van der Waals surface area contributed by atoms with Crippen molar-refractivity contribution in [2.24, 2.45) is 5.92 Å². The molecule has 2 rings (SSSR count). The molecule has 0 aromatic carbocycles. The van der Waals surface area contributed by atoms with Gasteiger partial charge in [0.2, 0.25) is 5.91 Å². The number of hydrogen-bond acceptors (Lipinski definition) is 4. The van der Waals surface area contributed by atoms with Gasteiger partial charge in [-0.3, -0.25) is 4.79 Å². The van der Waals surface area contributed by atoms with Gasteiger partial charge in [0.1, 0.15) is 6.10 Å². The largest absolute Gasteiger partial charge is 0.458 e. The summed E-state index contributed by atoms with van der Waals surface area (Å²) in [6, 6.07) is 0.495. The van der Waals surface area contributed by atoms with Gasteiger partial charge < -0.3 is 9.64 Å². The van der Waals surface area contributed by atoms with E-state index in [9.17, 15) is 18.0 Å². The Bertz CT molecular complexity index is 549. The Morgan fingerprint density at radius 1 is 1.48 bits per heavy atom. The highest BCUT2D eigenvalue weighted by atomic mass is 19.4. The van der Waals surface area contributed by atoms with Gasteiger partial charge >= 0.3 is 12.2 Å². The Morgan fingerprint density at radius 3 is 2.87 bits per heavy atom. The molecule has 1 amide bonds. The molecule has 0 spiro atoms. The number of likely N-dealkylation sites (tertiary alicyclic amines) is 1. The van der Waals surface area contributed by atoms with Crippen LogP contribution in [-0.2, 0) is 11.0 Å². The molecule has 128 valence electrons. The number of alkyl halides is 3. The van der Waals surface area contributed by atoms with Crippen molar-refractivity contribution < 1.29 is 22.7 Å². The van der Waals surface area contributed by atoms with E-state index in [4.69, 9.17) is 4.74 Å². The lowest BCUT2D eigenvalue weighted by Gasteiger charge is -2.32. The van der Waals surface area contributed by atoms with E-state index >= 15 is 0 Å². The molecule has 1 fully saturated rings. The maximum atomic E-state index is 12.6. The zero-order chi connectivity index (χ0) is 17.0. The third kappa shape index (κ3) is 5.07. The molecule has 0 N–H and O–H groups in total. The van der Waals surface area contributed by atoms with Crippen LogP contribution in [0.2, 0.25) is 0 Å². The van der Waals surface area contributed by atoms with Gasteiger partial charge in [-0.1, -0.05) is 13.8 Å². The Labute approximate surface area is 132 Å². The predicted molar refractivity (Wildman–Crippen MR) is 76.7 cm³/mol. The lowest BCUT2D eigenvalue weighted by Crippen LogP contribution is -2.44. The first-order chi connectivity index (χ1) is 10.8. The summed E-state index contributed by atoms with van der Waals surface area (Å²) in [5.41, 5.74) is -1.04.